The summed E-state index contributed by atoms with van der Waals surface area (Å²) in [7, 11) is 0. The summed E-state index contributed by atoms with van der Waals surface area (Å²) in [6.45, 7) is 8.70. The van der Waals surface area contributed by atoms with E-state index in [2.05, 4.69) is 19.2 Å². The van der Waals surface area contributed by atoms with Crippen LogP contribution in [0.5, 0.6) is 11.5 Å². The van der Waals surface area contributed by atoms with Crippen LogP contribution >= 0.6 is 0 Å². The van der Waals surface area contributed by atoms with Crippen molar-refractivity contribution in [3.63, 3.8) is 0 Å². The summed E-state index contributed by atoms with van der Waals surface area (Å²) in [5, 5.41) is 5.04. The minimum absolute atomic E-state index is 0.0375. The van der Waals surface area contributed by atoms with Crippen molar-refractivity contribution in [2.45, 2.75) is 27.7 Å². The van der Waals surface area contributed by atoms with Gasteiger partial charge in [-0.2, -0.15) is 0 Å². The molecule has 6 heteroatoms. The molecule has 0 fully saturated rings. The molecule has 0 aliphatic carbocycles. The van der Waals surface area contributed by atoms with Crippen molar-refractivity contribution in [2.75, 3.05) is 30.0 Å². The van der Waals surface area contributed by atoms with Crippen LogP contribution in [0.4, 0.5) is 11.4 Å². The molecule has 0 atom stereocenters. The van der Waals surface area contributed by atoms with Gasteiger partial charge in [0.15, 0.2) is 6.61 Å². The van der Waals surface area contributed by atoms with E-state index in [0.29, 0.717) is 29.6 Å². The van der Waals surface area contributed by atoms with Gasteiger partial charge in [-0.3, -0.25) is 9.59 Å². The fourth-order valence-electron chi connectivity index (χ4n) is 3.87. The minimum Gasteiger partial charge on any atom is -0.490 e. The first-order valence-corrected chi connectivity index (χ1v) is 11.2. The molecule has 6 nitrogen and oxygen atoms in total. The lowest BCUT2D eigenvalue weighted by atomic mass is 9.92. The molecule has 172 valence electrons. The predicted molar refractivity (Wildman–Crippen MR) is 131 cm³/mol. The lowest BCUT2D eigenvalue weighted by molar-refractivity contribution is -0.127. The standard InChI is InChI=1S/C27H30N2O4/c1-18(2)15-29-23-12-10-21(14-24(23)33-17-27(3,4)26(29)31)28-25(30)16-32-22-11-9-19-7-5-6-8-20(19)13-22/h5-14,18H,15-17H2,1-4H3,(H,28,30). The van der Waals surface area contributed by atoms with Gasteiger partial charge < -0.3 is 19.7 Å². The second-order valence-electron chi connectivity index (χ2n) is 9.51. The molecule has 1 aliphatic heterocycles. The molecule has 1 heterocycles. The van der Waals surface area contributed by atoms with Gasteiger partial charge in [0.05, 0.1) is 11.1 Å². The quantitative estimate of drug-likeness (QED) is 0.560. The molecular weight excluding hydrogens is 416 g/mol. The predicted octanol–water partition coefficient (Wildman–Crippen LogP) is 5.26. The highest BCUT2D eigenvalue weighted by Gasteiger charge is 2.38. The molecule has 1 aliphatic rings. The lowest BCUT2D eigenvalue weighted by Crippen LogP contribution is -2.43. The zero-order valence-corrected chi connectivity index (χ0v) is 19.6. The molecule has 3 aromatic rings. The topological polar surface area (TPSA) is 67.9 Å². The maximum absolute atomic E-state index is 13.1. The molecule has 3 aromatic carbocycles. The smallest absolute Gasteiger partial charge is 0.262 e. The number of anilines is 2. The van der Waals surface area contributed by atoms with Crippen LogP contribution in [0.3, 0.4) is 0 Å². The van der Waals surface area contributed by atoms with Crippen LogP contribution in [0.25, 0.3) is 10.8 Å². The Morgan fingerprint density at radius 1 is 1.09 bits per heavy atom. The number of nitrogens with one attached hydrogen (secondary N) is 1. The van der Waals surface area contributed by atoms with Crippen LogP contribution < -0.4 is 19.7 Å². The van der Waals surface area contributed by atoms with E-state index in [1.165, 1.54) is 0 Å². The Bertz CT molecular complexity index is 1190. The summed E-state index contributed by atoms with van der Waals surface area (Å²) in [6.07, 6.45) is 0. The molecular formula is C27H30N2O4. The third-order valence-electron chi connectivity index (χ3n) is 5.59. The maximum Gasteiger partial charge on any atom is 0.262 e. The number of rotatable bonds is 6. The molecule has 0 unspecified atom stereocenters. The van der Waals surface area contributed by atoms with E-state index in [0.717, 1.165) is 16.5 Å². The van der Waals surface area contributed by atoms with Crippen molar-refractivity contribution in [1.82, 2.24) is 0 Å². The Morgan fingerprint density at radius 2 is 1.85 bits per heavy atom. The Morgan fingerprint density at radius 3 is 2.61 bits per heavy atom. The fraction of sp³-hybridized carbons (Fsp3) is 0.333. The van der Waals surface area contributed by atoms with E-state index in [9.17, 15) is 9.59 Å². The van der Waals surface area contributed by atoms with Crippen molar-refractivity contribution in [3.05, 3.63) is 60.7 Å². The highest BCUT2D eigenvalue weighted by Crippen LogP contribution is 2.38. The highest BCUT2D eigenvalue weighted by atomic mass is 16.5. The Hall–Kier alpha value is -3.54. The SMILES string of the molecule is CC(C)CN1C(=O)C(C)(C)COc2cc(NC(=O)COc3ccc4ccccc4c3)ccc21. The summed E-state index contributed by atoms with van der Waals surface area (Å²) in [5.74, 6) is 1.30. The van der Waals surface area contributed by atoms with E-state index >= 15 is 0 Å². The molecule has 2 amide bonds. The Balaban J connectivity index is 1.46. The third kappa shape index (κ3) is 5.11. The monoisotopic (exact) mass is 446 g/mol. The number of amides is 2. The zero-order valence-electron chi connectivity index (χ0n) is 19.6. The normalized spacial score (nSPS) is 15.1. The minimum atomic E-state index is -0.634. The summed E-state index contributed by atoms with van der Waals surface area (Å²) in [6, 6.07) is 19.1. The van der Waals surface area contributed by atoms with Crippen molar-refractivity contribution >= 4 is 34.0 Å². The van der Waals surface area contributed by atoms with Crippen molar-refractivity contribution < 1.29 is 19.1 Å². The summed E-state index contributed by atoms with van der Waals surface area (Å²) >= 11 is 0. The maximum atomic E-state index is 13.1. The van der Waals surface area contributed by atoms with Crippen LogP contribution in [-0.4, -0.2) is 31.6 Å². The molecule has 0 bridgehead atoms. The first kappa shape index (κ1) is 22.6. The van der Waals surface area contributed by atoms with E-state index in [-0.39, 0.29) is 25.0 Å². The largest absolute Gasteiger partial charge is 0.490 e. The van der Waals surface area contributed by atoms with Crippen molar-refractivity contribution in [2.24, 2.45) is 11.3 Å². The van der Waals surface area contributed by atoms with Gasteiger partial charge in [0.1, 0.15) is 18.1 Å². The average molecular weight is 447 g/mol. The molecule has 4 rings (SSSR count). The summed E-state index contributed by atoms with van der Waals surface area (Å²) in [5.41, 5.74) is 0.688. The average Bonchev–Trinajstić information content (AvgIpc) is 2.87. The molecule has 1 N–H and O–H groups in total. The van der Waals surface area contributed by atoms with Gasteiger partial charge in [-0.05, 0) is 54.8 Å². The number of benzene rings is 3. The Kier molecular flexibility index (Phi) is 6.27. The molecule has 0 saturated carbocycles. The Labute approximate surface area is 194 Å². The second-order valence-corrected chi connectivity index (χ2v) is 9.51. The number of ether oxygens (including phenoxy) is 2. The number of hydrogen-bond donors (Lipinski definition) is 1. The van der Waals surface area contributed by atoms with Gasteiger partial charge in [0.2, 0.25) is 5.91 Å². The van der Waals surface area contributed by atoms with Gasteiger partial charge >= 0.3 is 0 Å². The summed E-state index contributed by atoms with van der Waals surface area (Å²) in [4.78, 5) is 27.4. The van der Waals surface area contributed by atoms with E-state index in [1.54, 1.807) is 17.0 Å². The molecule has 0 radical (unpaired) electrons. The van der Waals surface area contributed by atoms with Gasteiger partial charge in [0, 0.05) is 18.3 Å². The van der Waals surface area contributed by atoms with E-state index < -0.39 is 5.41 Å². The highest BCUT2D eigenvalue weighted by molar-refractivity contribution is 6.00. The van der Waals surface area contributed by atoms with Crippen LogP contribution in [0.1, 0.15) is 27.7 Å². The lowest BCUT2D eigenvalue weighted by Gasteiger charge is -2.29. The van der Waals surface area contributed by atoms with Crippen LogP contribution in [0.15, 0.2) is 60.7 Å². The van der Waals surface area contributed by atoms with E-state index in [4.69, 9.17) is 9.47 Å². The van der Waals surface area contributed by atoms with Gasteiger partial charge in [0.25, 0.3) is 5.91 Å². The molecule has 33 heavy (non-hydrogen) atoms. The van der Waals surface area contributed by atoms with Gasteiger partial charge in [-0.25, -0.2) is 0 Å². The first-order chi connectivity index (χ1) is 15.7. The summed E-state index contributed by atoms with van der Waals surface area (Å²) < 4.78 is 11.7. The van der Waals surface area contributed by atoms with Crippen LogP contribution in [-0.2, 0) is 9.59 Å². The number of hydrogen-bond acceptors (Lipinski definition) is 4. The van der Waals surface area contributed by atoms with Crippen LogP contribution in [0.2, 0.25) is 0 Å². The van der Waals surface area contributed by atoms with Crippen molar-refractivity contribution in [3.8, 4) is 11.5 Å². The third-order valence-corrected chi connectivity index (χ3v) is 5.59. The number of fused-ring (bicyclic) bond motifs is 2. The number of nitrogens with zero attached hydrogens (tertiary/aromatic N) is 1. The molecule has 0 aromatic heterocycles. The van der Waals surface area contributed by atoms with Gasteiger partial charge in [-0.1, -0.05) is 44.2 Å². The second kappa shape index (κ2) is 9.14. The number of carbonyl (C=O) groups excluding carboxylic acids is 2. The van der Waals surface area contributed by atoms with E-state index in [1.807, 2.05) is 62.4 Å². The molecule has 0 saturated heterocycles. The molecule has 0 spiro atoms. The van der Waals surface area contributed by atoms with Gasteiger partial charge in [-0.15, -0.1) is 0 Å². The fourth-order valence-corrected chi connectivity index (χ4v) is 3.87. The van der Waals surface area contributed by atoms with Crippen LogP contribution in [0, 0.1) is 11.3 Å². The first-order valence-electron chi connectivity index (χ1n) is 11.2. The van der Waals surface area contributed by atoms with Crippen molar-refractivity contribution in [1.29, 1.82) is 0 Å². The number of carbonyl (C=O) groups is 2. The zero-order chi connectivity index (χ0) is 23.6.